The van der Waals surface area contributed by atoms with E-state index in [4.69, 9.17) is 0 Å². The summed E-state index contributed by atoms with van der Waals surface area (Å²) in [5.74, 6) is -0.577. The van der Waals surface area contributed by atoms with Crippen LogP contribution in [0.4, 0.5) is 0 Å². The maximum Gasteiger partial charge on any atom is 0.270 e. The number of aromatic nitrogens is 2. The molecule has 0 saturated heterocycles. The Morgan fingerprint density at radius 1 is 0.815 bits per heavy atom. The smallest absolute Gasteiger partial charge is 0.270 e. The Labute approximate surface area is 157 Å². The standard InChI is InChI=1S/C21H20N4O2/c26-20(24-12-9-16-6-2-1-3-7-16)17-10-13-23-19(14-17)21(27)25-15-18-8-4-5-11-22-18/h1-8,10-11,13-14H,9,12,15H2,(H,24,26)(H,25,27). The molecule has 0 unspecified atom stereocenters. The largest absolute Gasteiger partial charge is 0.352 e. The molecule has 0 aliphatic carbocycles. The van der Waals surface area contributed by atoms with Crippen LogP contribution in [0.2, 0.25) is 0 Å². The number of nitrogens with zero attached hydrogens (tertiary/aromatic N) is 2. The molecule has 0 atom stereocenters. The molecule has 0 radical (unpaired) electrons. The Kier molecular flexibility index (Phi) is 6.25. The lowest BCUT2D eigenvalue weighted by Crippen LogP contribution is -2.27. The molecule has 0 aliphatic heterocycles. The Bertz CT molecular complexity index is 898. The maximum atomic E-state index is 12.3. The monoisotopic (exact) mass is 360 g/mol. The molecule has 0 saturated carbocycles. The van der Waals surface area contributed by atoms with Crippen LogP contribution in [0.1, 0.15) is 32.1 Å². The van der Waals surface area contributed by atoms with Crippen molar-refractivity contribution >= 4 is 11.8 Å². The SMILES string of the molecule is O=C(NCCc1ccccc1)c1ccnc(C(=O)NCc2ccccn2)c1. The number of rotatable bonds is 7. The number of benzene rings is 1. The third-order valence-corrected chi connectivity index (χ3v) is 3.95. The minimum Gasteiger partial charge on any atom is -0.352 e. The molecule has 1 aromatic carbocycles. The van der Waals surface area contributed by atoms with Gasteiger partial charge < -0.3 is 10.6 Å². The number of hydrogen-bond acceptors (Lipinski definition) is 4. The van der Waals surface area contributed by atoms with E-state index in [1.165, 1.54) is 12.3 Å². The van der Waals surface area contributed by atoms with Crippen LogP contribution in [0.5, 0.6) is 0 Å². The lowest BCUT2D eigenvalue weighted by molar-refractivity contribution is 0.0945. The topological polar surface area (TPSA) is 84.0 Å². The highest BCUT2D eigenvalue weighted by Crippen LogP contribution is 2.04. The minimum absolute atomic E-state index is 0.196. The van der Waals surface area contributed by atoms with E-state index in [1.807, 2.05) is 48.5 Å². The summed E-state index contributed by atoms with van der Waals surface area (Å²) >= 11 is 0. The minimum atomic E-state index is -0.348. The van der Waals surface area contributed by atoms with E-state index >= 15 is 0 Å². The summed E-state index contributed by atoms with van der Waals surface area (Å²) in [6, 6.07) is 18.5. The Balaban J connectivity index is 1.54. The fourth-order valence-corrected chi connectivity index (χ4v) is 2.53. The Morgan fingerprint density at radius 3 is 2.41 bits per heavy atom. The number of carbonyl (C=O) groups excluding carboxylic acids is 2. The van der Waals surface area contributed by atoms with Crippen molar-refractivity contribution in [1.82, 2.24) is 20.6 Å². The molecule has 2 amide bonds. The van der Waals surface area contributed by atoms with Gasteiger partial charge in [0.2, 0.25) is 0 Å². The molecule has 27 heavy (non-hydrogen) atoms. The zero-order valence-corrected chi connectivity index (χ0v) is 14.8. The highest BCUT2D eigenvalue weighted by Gasteiger charge is 2.11. The fraction of sp³-hybridized carbons (Fsp3) is 0.143. The molecule has 6 nitrogen and oxygen atoms in total. The predicted molar refractivity (Wildman–Crippen MR) is 102 cm³/mol. The first-order valence-corrected chi connectivity index (χ1v) is 8.68. The van der Waals surface area contributed by atoms with Gasteiger partial charge in [-0.25, -0.2) is 0 Å². The number of hydrogen-bond donors (Lipinski definition) is 2. The van der Waals surface area contributed by atoms with Gasteiger partial charge in [-0.15, -0.1) is 0 Å². The van der Waals surface area contributed by atoms with Gasteiger partial charge in [-0.2, -0.15) is 0 Å². The van der Waals surface area contributed by atoms with Crippen LogP contribution in [0.25, 0.3) is 0 Å². The van der Waals surface area contributed by atoms with Gasteiger partial charge in [0.25, 0.3) is 11.8 Å². The van der Waals surface area contributed by atoms with Crippen LogP contribution in [-0.4, -0.2) is 28.3 Å². The van der Waals surface area contributed by atoms with Gasteiger partial charge in [0.15, 0.2) is 0 Å². The summed E-state index contributed by atoms with van der Waals surface area (Å²) < 4.78 is 0. The molecule has 0 fully saturated rings. The van der Waals surface area contributed by atoms with E-state index < -0.39 is 0 Å². The zero-order chi connectivity index (χ0) is 18.9. The number of nitrogens with one attached hydrogen (secondary N) is 2. The second-order valence-corrected chi connectivity index (χ2v) is 5.93. The second-order valence-electron chi connectivity index (χ2n) is 5.93. The highest BCUT2D eigenvalue weighted by molar-refractivity contribution is 5.98. The van der Waals surface area contributed by atoms with Gasteiger partial charge in [-0.3, -0.25) is 19.6 Å². The summed E-state index contributed by atoms with van der Waals surface area (Å²) in [5, 5.41) is 5.61. The van der Waals surface area contributed by atoms with E-state index in [1.54, 1.807) is 12.3 Å². The molecule has 0 aliphatic rings. The van der Waals surface area contributed by atoms with Crippen molar-refractivity contribution in [3.63, 3.8) is 0 Å². The molecule has 3 rings (SSSR count). The summed E-state index contributed by atoms with van der Waals surface area (Å²) in [6.07, 6.45) is 3.87. The molecule has 6 heteroatoms. The van der Waals surface area contributed by atoms with Crippen LogP contribution in [0.15, 0.2) is 73.1 Å². The summed E-state index contributed by atoms with van der Waals surface area (Å²) in [6.45, 7) is 0.821. The average Bonchev–Trinajstić information content (AvgIpc) is 2.73. The van der Waals surface area contributed by atoms with E-state index in [2.05, 4.69) is 20.6 Å². The lowest BCUT2D eigenvalue weighted by Gasteiger charge is -2.07. The first-order valence-electron chi connectivity index (χ1n) is 8.68. The van der Waals surface area contributed by atoms with E-state index in [9.17, 15) is 9.59 Å². The molecule has 3 aromatic rings. The van der Waals surface area contributed by atoms with Gasteiger partial charge in [-0.1, -0.05) is 36.4 Å². The molecular weight excluding hydrogens is 340 g/mol. The van der Waals surface area contributed by atoms with Gasteiger partial charge in [0.1, 0.15) is 5.69 Å². The van der Waals surface area contributed by atoms with Crippen molar-refractivity contribution in [1.29, 1.82) is 0 Å². The van der Waals surface area contributed by atoms with Gasteiger partial charge in [0, 0.05) is 24.5 Å². The number of pyridine rings is 2. The second kappa shape index (κ2) is 9.24. The van der Waals surface area contributed by atoms with Crippen molar-refractivity contribution in [2.24, 2.45) is 0 Å². The van der Waals surface area contributed by atoms with Gasteiger partial charge in [-0.05, 0) is 36.2 Å². The molecule has 136 valence electrons. The number of amides is 2. The Hall–Kier alpha value is -3.54. The van der Waals surface area contributed by atoms with Crippen LogP contribution in [0.3, 0.4) is 0 Å². The zero-order valence-electron chi connectivity index (χ0n) is 14.8. The van der Waals surface area contributed by atoms with E-state index in [-0.39, 0.29) is 17.5 Å². The predicted octanol–water partition coefficient (Wildman–Crippen LogP) is 2.38. The normalized spacial score (nSPS) is 10.2. The van der Waals surface area contributed by atoms with E-state index in [0.29, 0.717) is 18.7 Å². The van der Waals surface area contributed by atoms with Crippen LogP contribution >= 0.6 is 0 Å². The third kappa shape index (κ3) is 5.47. The summed E-state index contributed by atoms with van der Waals surface area (Å²) in [7, 11) is 0. The van der Waals surface area contributed by atoms with Crippen LogP contribution in [-0.2, 0) is 13.0 Å². The molecule has 0 bridgehead atoms. The third-order valence-electron chi connectivity index (χ3n) is 3.95. The van der Waals surface area contributed by atoms with Crippen molar-refractivity contribution < 1.29 is 9.59 Å². The van der Waals surface area contributed by atoms with Crippen LogP contribution < -0.4 is 10.6 Å². The fourth-order valence-electron chi connectivity index (χ4n) is 2.53. The molecule has 0 spiro atoms. The maximum absolute atomic E-state index is 12.3. The average molecular weight is 360 g/mol. The van der Waals surface area contributed by atoms with Crippen molar-refractivity contribution in [2.75, 3.05) is 6.54 Å². The van der Waals surface area contributed by atoms with Crippen LogP contribution in [0, 0.1) is 0 Å². The van der Waals surface area contributed by atoms with Gasteiger partial charge >= 0.3 is 0 Å². The molecule has 2 N–H and O–H groups in total. The highest BCUT2D eigenvalue weighted by atomic mass is 16.2. The molecule has 2 heterocycles. The van der Waals surface area contributed by atoms with Crippen molar-refractivity contribution in [2.45, 2.75) is 13.0 Å². The Morgan fingerprint density at radius 2 is 1.63 bits per heavy atom. The van der Waals surface area contributed by atoms with E-state index in [0.717, 1.165) is 17.7 Å². The van der Waals surface area contributed by atoms with Gasteiger partial charge in [0.05, 0.1) is 12.2 Å². The quantitative estimate of drug-likeness (QED) is 0.678. The molecular formula is C21H20N4O2. The first kappa shape index (κ1) is 18.3. The summed E-state index contributed by atoms with van der Waals surface area (Å²) in [4.78, 5) is 32.8. The van der Waals surface area contributed by atoms with Crippen molar-refractivity contribution in [3.05, 3.63) is 95.6 Å². The summed E-state index contributed by atoms with van der Waals surface area (Å²) in [5.41, 5.74) is 2.51. The molecule has 2 aromatic heterocycles. The lowest BCUT2D eigenvalue weighted by atomic mass is 10.1. The first-order chi connectivity index (χ1) is 13.2. The van der Waals surface area contributed by atoms with Crippen molar-refractivity contribution in [3.8, 4) is 0 Å². The number of carbonyl (C=O) groups is 2.